The molecule has 0 fully saturated rings. The van der Waals surface area contributed by atoms with E-state index in [0.29, 0.717) is 6.54 Å². The Balaban J connectivity index is 0.00000450. The topological polar surface area (TPSA) is 83.3 Å². The molecule has 0 spiro atoms. The molecule has 0 unspecified atom stereocenters. The minimum atomic E-state index is -0.106. The van der Waals surface area contributed by atoms with Crippen molar-refractivity contribution < 1.29 is 4.79 Å². The molecule has 1 heterocycles. The molecule has 0 aliphatic rings. The van der Waals surface area contributed by atoms with Gasteiger partial charge in [0.05, 0.1) is 6.54 Å². The highest BCUT2D eigenvalue weighted by atomic mass is 127. The Bertz CT molecular complexity index is 761. The highest BCUT2D eigenvalue weighted by Gasteiger charge is 2.05. The van der Waals surface area contributed by atoms with Crippen LogP contribution in [0.3, 0.4) is 0 Å². The molecule has 1 aromatic heterocycles. The van der Waals surface area contributed by atoms with Crippen molar-refractivity contribution in [3.63, 3.8) is 0 Å². The van der Waals surface area contributed by atoms with Crippen LogP contribution in [0.1, 0.15) is 45.6 Å². The van der Waals surface area contributed by atoms with E-state index >= 15 is 0 Å². The highest BCUT2D eigenvalue weighted by Crippen LogP contribution is 2.12. The Kier molecular flexibility index (Phi) is 12.8. The van der Waals surface area contributed by atoms with Gasteiger partial charge in [-0.25, -0.2) is 4.99 Å². The van der Waals surface area contributed by atoms with Crippen LogP contribution in [0.2, 0.25) is 0 Å². The second-order valence-electron chi connectivity index (χ2n) is 7.46. The maximum Gasteiger partial charge on any atom is 0.246 e. The first-order valence-electron chi connectivity index (χ1n) is 10.4. The predicted molar refractivity (Wildman–Crippen MR) is 134 cm³/mol. The molecule has 1 amide bonds. The van der Waals surface area contributed by atoms with Gasteiger partial charge in [-0.05, 0) is 43.0 Å². The van der Waals surface area contributed by atoms with Gasteiger partial charge in [0, 0.05) is 31.2 Å². The number of aliphatic imine (C=N–C) groups is 1. The molecule has 0 aliphatic heterocycles. The van der Waals surface area contributed by atoms with Crippen molar-refractivity contribution in [2.24, 2.45) is 10.9 Å². The molecule has 2 aromatic rings. The summed E-state index contributed by atoms with van der Waals surface area (Å²) in [6, 6.07) is 9.58. The molecule has 0 radical (unpaired) electrons. The third-order valence-corrected chi connectivity index (χ3v) is 4.34. The van der Waals surface area contributed by atoms with Gasteiger partial charge in [-0.1, -0.05) is 38.8 Å². The molecule has 7 nitrogen and oxygen atoms in total. The number of nitrogens with zero attached hydrogens (tertiary/aromatic N) is 3. The van der Waals surface area contributed by atoms with Crippen LogP contribution in [0.25, 0.3) is 0 Å². The Morgan fingerprint density at radius 2 is 2.03 bits per heavy atom. The monoisotopic (exact) mass is 526 g/mol. The maximum atomic E-state index is 12.1. The van der Waals surface area contributed by atoms with Gasteiger partial charge in [0.15, 0.2) is 5.96 Å². The number of anilines is 1. The van der Waals surface area contributed by atoms with Crippen molar-refractivity contribution in [3.05, 3.63) is 48.3 Å². The van der Waals surface area contributed by atoms with E-state index in [4.69, 9.17) is 0 Å². The summed E-state index contributed by atoms with van der Waals surface area (Å²) >= 11 is 0. The lowest BCUT2D eigenvalue weighted by Crippen LogP contribution is -2.37. The average Bonchev–Trinajstić information content (AvgIpc) is 3.18. The third-order valence-electron chi connectivity index (χ3n) is 4.34. The molecular formula is C22H35IN6O. The lowest BCUT2D eigenvalue weighted by Gasteiger charge is -2.12. The first-order valence-corrected chi connectivity index (χ1v) is 10.4. The van der Waals surface area contributed by atoms with Gasteiger partial charge in [0.25, 0.3) is 0 Å². The zero-order chi connectivity index (χ0) is 20.9. The van der Waals surface area contributed by atoms with Crippen molar-refractivity contribution in [1.29, 1.82) is 0 Å². The second-order valence-corrected chi connectivity index (χ2v) is 7.46. The minimum Gasteiger partial charge on any atom is -0.357 e. The summed E-state index contributed by atoms with van der Waals surface area (Å²) in [5.74, 6) is 1.47. The van der Waals surface area contributed by atoms with Crippen LogP contribution in [0.4, 0.5) is 5.69 Å². The van der Waals surface area contributed by atoms with Gasteiger partial charge in [-0.2, -0.15) is 5.10 Å². The summed E-state index contributed by atoms with van der Waals surface area (Å²) < 4.78 is 1.60. The highest BCUT2D eigenvalue weighted by molar-refractivity contribution is 14.0. The van der Waals surface area contributed by atoms with Crippen molar-refractivity contribution in [2.75, 3.05) is 18.4 Å². The van der Waals surface area contributed by atoms with Crippen LogP contribution < -0.4 is 16.0 Å². The summed E-state index contributed by atoms with van der Waals surface area (Å²) in [4.78, 5) is 16.8. The van der Waals surface area contributed by atoms with E-state index in [0.717, 1.165) is 42.6 Å². The van der Waals surface area contributed by atoms with E-state index in [-0.39, 0.29) is 36.4 Å². The van der Waals surface area contributed by atoms with Gasteiger partial charge >= 0.3 is 0 Å². The third kappa shape index (κ3) is 10.6. The minimum absolute atomic E-state index is 0. The van der Waals surface area contributed by atoms with Crippen LogP contribution in [0, 0.1) is 5.92 Å². The fourth-order valence-corrected chi connectivity index (χ4v) is 2.89. The Hall–Kier alpha value is -2.10. The zero-order valence-electron chi connectivity index (χ0n) is 18.2. The van der Waals surface area contributed by atoms with E-state index in [1.807, 2.05) is 24.3 Å². The zero-order valence-corrected chi connectivity index (χ0v) is 20.6. The largest absolute Gasteiger partial charge is 0.357 e. The Morgan fingerprint density at radius 1 is 1.20 bits per heavy atom. The number of guanidine groups is 1. The molecule has 0 saturated carbocycles. The smallest absolute Gasteiger partial charge is 0.246 e. The quantitative estimate of drug-likeness (QED) is 0.179. The first kappa shape index (κ1) is 25.9. The Morgan fingerprint density at radius 3 is 2.73 bits per heavy atom. The van der Waals surface area contributed by atoms with E-state index in [1.165, 1.54) is 12.8 Å². The molecule has 0 bridgehead atoms. The number of rotatable bonds is 11. The van der Waals surface area contributed by atoms with Gasteiger partial charge in [0.1, 0.15) is 6.54 Å². The molecule has 8 heteroatoms. The van der Waals surface area contributed by atoms with Gasteiger partial charge in [-0.3, -0.25) is 9.48 Å². The lowest BCUT2D eigenvalue weighted by molar-refractivity contribution is -0.116. The number of nitrogens with one attached hydrogen (secondary N) is 3. The van der Waals surface area contributed by atoms with E-state index < -0.39 is 0 Å². The summed E-state index contributed by atoms with van der Waals surface area (Å²) in [6.07, 6.45) is 7.05. The number of hydrogen-bond acceptors (Lipinski definition) is 3. The number of hydrogen-bond donors (Lipinski definition) is 3. The first-order chi connectivity index (χ1) is 14.1. The van der Waals surface area contributed by atoms with E-state index in [9.17, 15) is 4.79 Å². The number of carbonyl (C=O) groups is 1. The molecule has 166 valence electrons. The van der Waals surface area contributed by atoms with Crippen LogP contribution >= 0.6 is 24.0 Å². The lowest BCUT2D eigenvalue weighted by atomic mass is 10.1. The van der Waals surface area contributed by atoms with Crippen LogP contribution in [0.15, 0.2) is 47.7 Å². The number of carbonyl (C=O) groups excluding carboxylic acids is 1. The van der Waals surface area contributed by atoms with Crippen molar-refractivity contribution in [1.82, 2.24) is 20.4 Å². The van der Waals surface area contributed by atoms with Crippen LogP contribution in [-0.4, -0.2) is 34.7 Å². The maximum absolute atomic E-state index is 12.1. The molecule has 3 N–H and O–H groups in total. The predicted octanol–water partition coefficient (Wildman–Crippen LogP) is 4.02. The fraction of sp³-hybridized carbons (Fsp3) is 0.500. The summed E-state index contributed by atoms with van der Waals surface area (Å²) in [5.41, 5.74) is 1.81. The van der Waals surface area contributed by atoms with Crippen molar-refractivity contribution >= 4 is 41.5 Å². The molecule has 2 rings (SSSR count). The average molecular weight is 526 g/mol. The van der Waals surface area contributed by atoms with Gasteiger partial charge in [-0.15, -0.1) is 24.0 Å². The SMILES string of the molecule is CCNC(=NCc1cccc(NC(=O)Cn2cccn2)c1)NCCCCC(C)C.I. The number of aromatic nitrogens is 2. The second kappa shape index (κ2) is 14.8. The van der Waals surface area contributed by atoms with E-state index in [2.05, 4.69) is 46.8 Å². The molecular weight excluding hydrogens is 491 g/mol. The summed E-state index contributed by atoms with van der Waals surface area (Å²) in [7, 11) is 0. The molecule has 0 aliphatic carbocycles. The molecule has 0 saturated heterocycles. The number of halogens is 1. The van der Waals surface area contributed by atoms with Crippen LogP contribution in [0.5, 0.6) is 0 Å². The standard InChI is InChI=1S/C22H34N6O.HI/c1-4-23-22(24-12-6-5-9-18(2)3)25-16-19-10-7-11-20(15-19)27-21(29)17-28-14-8-13-26-28;/h7-8,10-11,13-15,18H,4-6,9,12,16-17H2,1-3H3,(H,27,29)(H2,23,24,25);1H. The molecule has 1 aromatic carbocycles. The summed E-state index contributed by atoms with van der Waals surface area (Å²) in [5, 5.41) is 13.6. The van der Waals surface area contributed by atoms with Crippen LogP contribution in [-0.2, 0) is 17.9 Å². The normalized spacial score (nSPS) is 11.1. The van der Waals surface area contributed by atoms with Crippen molar-refractivity contribution in [3.8, 4) is 0 Å². The van der Waals surface area contributed by atoms with Crippen molar-refractivity contribution in [2.45, 2.75) is 53.1 Å². The fourth-order valence-electron chi connectivity index (χ4n) is 2.89. The van der Waals surface area contributed by atoms with Gasteiger partial charge < -0.3 is 16.0 Å². The Labute approximate surface area is 197 Å². The number of amides is 1. The molecule has 30 heavy (non-hydrogen) atoms. The van der Waals surface area contributed by atoms with E-state index in [1.54, 1.807) is 23.1 Å². The van der Waals surface area contributed by atoms with Gasteiger partial charge in [0.2, 0.25) is 5.91 Å². The molecule has 0 atom stereocenters. The number of benzene rings is 1. The number of unbranched alkanes of at least 4 members (excludes halogenated alkanes) is 1. The summed E-state index contributed by atoms with van der Waals surface area (Å²) in [6.45, 7) is 9.06.